The predicted octanol–water partition coefficient (Wildman–Crippen LogP) is 1.72. The van der Waals surface area contributed by atoms with Crippen molar-refractivity contribution in [2.45, 2.75) is 58.1 Å². The Morgan fingerprint density at radius 1 is 1.35 bits per heavy atom. The summed E-state index contributed by atoms with van der Waals surface area (Å²) in [6.45, 7) is 5.10. The van der Waals surface area contributed by atoms with E-state index in [1.807, 2.05) is 6.92 Å². The molecule has 0 aromatic rings. The lowest BCUT2D eigenvalue weighted by atomic mass is 10.0. The van der Waals surface area contributed by atoms with Crippen LogP contribution in [0.25, 0.3) is 0 Å². The van der Waals surface area contributed by atoms with Gasteiger partial charge in [-0.1, -0.05) is 33.1 Å². The lowest BCUT2D eigenvalue weighted by Crippen LogP contribution is -2.45. The van der Waals surface area contributed by atoms with E-state index in [4.69, 9.17) is 5.11 Å². The van der Waals surface area contributed by atoms with Gasteiger partial charge in [0.1, 0.15) is 0 Å². The molecule has 1 aliphatic carbocycles. The molecule has 1 rings (SSSR count). The van der Waals surface area contributed by atoms with Gasteiger partial charge >= 0.3 is 5.97 Å². The molecule has 3 unspecified atom stereocenters. The minimum absolute atomic E-state index is 0.143. The predicted molar refractivity (Wildman–Crippen MR) is 66.9 cm³/mol. The molecule has 1 fully saturated rings. The summed E-state index contributed by atoms with van der Waals surface area (Å²) in [6.07, 6.45) is 4.95. The molecule has 4 nitrogen and oxygen atoms in total. The maximum atomic E-state index is 10.9. The van der Waals surface area contributed by atoms with Crippen LogP contribution in [0, 0.1) is 5.92 Å². The molecule has 0 radical (unpaired) electrons. The molecule has 3 atom stereocenters. The van der Waals surface area contributed by atoms with E-state index in [9.17, 15) is 9.90 Å². The quantitative estimate of drug-likeness (QED) is 0.722. The summed E-state index contributed by atoms with van der Waals surface area (Å²) in [6, 6.07) is 0.143. The summed E-state index contributed by atoms with van der Waals surface area (Å²) >= 11 is 0. The van der Waals surface area contributed by atoms with Gasteiger partial charge in [0.25, 0.3) is 0 Å². The van der Waals surface area contributed by atoms with Crippen LogP contribution in [0.3, 0.4) is 0 Å². The van der Waals surface area contributed by atoms with E-state index in [-0.39, 0.29) is 18.1 Å². The van der Waals surface area contributed by atoms with Gasteiger partial charge in [0.05, 0.1) is 12.0 Å². The molecule has 1 aliphatic rings. The van der Waals surface area contributed by atoms with Crippen molar-refractivity contribution in [1.29, 1.82) is 0 Å². The van der Waals surface area contributed by atoms with Crippen LogP contribution in [0.15, 0.2) is 0 Å². The number of hydrogen-bond acceptors (Lipinski definition) is 3. The average Bonchev–Trinajstić information content (AvgIpc) is 2.50. The number of nitrogens with zero attached hydrogens (tertiary/aromatic N) is 1. The molecule has 0 aromatic carbocycles. The van der Waals surface area contributed by atoms with Crippen molar-refractivity contribution in [1.82, 2.24) is 4.90 Å². The number of carboxylic acids is 1. The van der Waals surface area contributed by atoms with Crippen molar-refractivity contribution in [3.05, 3.63) is 0 Å². The summed E-state index contributed by atoms with van der Waals surface area (Å²) in [7, 11) is 0. The molecule has 0 amide bonds. The van der Waals surface area contributed by atoms with E-state index >= 15 is 0 Å². The second-order valence-corrected chi connectivity index (χ2v) is 5.10. The highest BCUT2D eigenvalue weighted by molar-refractivity contribution is 5.69. The van der Waals surface area contributed by atoms with E-state index in [0.29, 0.717) is 6.54 Å². The Hall–Kier alpha value is -0.610. The fourth-order valence-electron chi connectivity index (χ4n) is 2.62. The van der Waals surface area contributed by atoms with Crippen LogP contribution in [0.5, 0.6) is 0 Å². The van der Waals surface area contributed by atoms with Gasteiger partial charge in [-0.05, 0) is 19.4 Å². The maximum absolute atomic E-state index is 10.9. The Morgan fingerprint density at radius 3 is 2.59 bits per heavy atom. The van der Waals surface area contributed by atoms with Crippen LogP contribution in [0.4, 0.5) is 0 Å². The third-order valence-electron chi connectivity index (χ3n) is 3.75. The molecule has 0 bridgehead atoms. The van der Waals surface area contributed by atoms with Gasteiger partial charge in [-0.3, -0.25) is 9.69 Å². The number of aliphatic hydroxyl groups excluding tert-OH is 1. The van der Waals surface area contributed by atoms with E-state index in [1.165, 1.54) is 6.42 Å². The molecule has 0 aromatic heterocycles. The monoisotopic (exact) mass is 243 g/mol. The Morgan fingerprint density at radius 2 is 2.00 bits per heavy atom. The molecule has 100 valence electrons. The van der Waals surface area contributed by atoms with E-state index < -0.39 is 5.97 Å². The summed E-state index contributed by atoms with van der Waals surface area (Å²) in [5, 5.41) is 19.1. The SMILES string of the molecule is CCN(CC(C)C(=O)O)C1CCCCCC1O. The third kappa shape index (κ3) is 4.28. The topological polar surface area (TPSA) is 60.8 Å². The normalized spacial score (nSPS) is 27.8. The molecule has 0 heterocycles. The summed E-state index contributed by atoms with van der Waals surface area (Å²) in [5.41, 5.74) is 0. The Balaban J connectivity index is 2.60. The van der Waals surface area contributed by atoms with Crippen LogP contribution in [0.1, 0.15) is 46.0 Å². The van der Waals surface area contributed by atoms with Crippen LogP contribution < -0.4 is 0 Å². The standard InChI is InChI=1S/C13H25NO3/c1-3-14(9-10(2)13(16)17)11-7-5-4-6-8-12(11)15/h10-12,15H,3-9H2,1-2H3,(H,16,17). The zero-order valence-corrected chi connectivity index (χ0v) is 10.9. The fraction of sp³-hybridized carbons (Fsp3) is 0.923. The van der Waals surface area contributed by atoms with Gasteiger partial charge in [-0.15, -0.1) is 0 Å². The molecule has 0 aliphatic heterocycles. The van der Waals surface area contributed by atoms with Crippen molar-refractivity contribution in [3.63, 3.8) is 0 Å². The highest BCUT2D eigenvalue weighted by Crippen LogP contribution is 2.23. The molecule has 2 N–H and O–H groups in total. The van der Waals surface area contributed by atoms with Crippen molar-refractivity contribution in [2.75, 3.05) is 13.1 Å². The highest BCUT2D eigenvalue weighted by Gasteiger charge is 2.28. The minimum atomic E-state index is -0.758. The zero-order chi connectivity index (χ0) is 12.8. The fourth-order valence-corrected chi connectivity index (χ4v) is 2.62. The number of carboxylic acid groups (broad SMARTS) is 1. The lowest BCUT2D eigenvalue weighted by molar-refractivity contribution is -0.142. The largest absolute Gasteiger partial charge is 0.481 e. The molecular weight excluding hydrogens is 218 g/mol. The average molecular weight is 243 g/mol. The van der Waals surface area contributed by atoms with Gasteiger partial charge in [0, 0.05) is 12.6 Å². The molecule has 0 saturated heterocycles. The lowest BCUT2D eigenvalue weighted by Gasteiger charge is -2.34. The smallest absolute Gasteiger partial charge is 0.307 e. The first kappa shape index (κ1) is 14.5. The van der Waals surface area contributed by atoms with E-state index in [2.05, 4.69) is 4.90 Å². The van der Waals surface area contributed by atoms with Gasteiger partial charge in [-0.2, -0.15) is 0 Å². The number of hydrogen-bond donors (Lipinski definition) is 2. The highest BCUT2D eigenvalue weighted by atomic mass is 16.4. The van der Waals surface area contributed by atoms with Crippen LogP contribution in [-0.2, 0) is 4.79 Å². The van der Waals surface area contributed by atoms with Crippen LogP contribution >= 0.6 is 0 Å². The summed E-state index contributed by atoms with van der Waals surface area (Å²) in [4.78, 5) is 13.0. The number of aliphatic carboxylic acids is 1. The van der Waals surface area contributed by atoms with Gasteiger partial charge < -0.3 is 10.2 Å². The molecule has 1 saturated carbocycles. The Kier molecular flexibility index (Phi) is 5.92. The first-order valence-electron chi connectivity index (χ1n) is 6.71. The molecule has 4 heteroatoms. The number of rotatable bonds is 5. The second-order valence-electron chi connectivity index (χ2n) is 5.10. The van der Waals surface area contributed by atoms with Crippen molar-refractivity contribution in [3.8, 4) is 0 Å². The Labute approximate surface area is 104 Å². The first-order chi connectivity index (χ1) is 8.06. The minimum Gasteiger partial charge on any atom is -0.481 e. The number of carbonyl (C=O) groups is 1. The van der Waals surface area contributed by atoms with Gasteiger partial charge in [0.2, 0.25) is 0 Å². The number of aliphatic hydroxyl groups is 1. The number of likely N-dealkylation sites (N-methyl/N-ethyl adjacent to an activating group) is 1. The van der Waals surface area contributed by atoms with Gasteiger partial charge in [0.15, 0.2) is 0 Å². The maximum Gasteiger partial charge on any atom is 0.307 e. The van der Waals surface area contributed by atoms with E-state index in [1.54, 1.807) is 6.92 Å². The van der Waals surface area contributed by atoms with Crippen molar-refractivity contribution in [2.24, 2.45) is 5.92 Å². The third-order valence-corrected chi connectivity index (χ3v) is 3.75. The van der Waals surface area contributed by atoms with Crippen molar-refractivity contribution >= 4 is 5.97 Å². The van der Waals surface area contributed by atoms with Crippen LogP contribution in [-0.4, -0.2) is 46.3 Å². The molecule has 17 heavy (non-hydrogen) atoms. The van der Waals surface area contributed by atoms with E-state index in [0.717, 1.165) is 32.2 Å². The van der Waals surface area contributed by atoms with Crippen molar-refractivity contribution < 1.29 is 15.0 Å². The first-order valence-corrected chi connectivity index (χ1v) is 6.71. The second kappa shape index (κ2) is 6.97. The Bertz CT molecular complexity index is 245. The summed E-state index contributed by atoms with van der Waals surface area (Å²) < 4.78 is 0. The molecule has 0 spiro atoms. The zero-order valence-electron chi connectivity index (χ0n) is 10.9. The molecular formula is C13H25NO3. The van der Waals surface area contributed by atoms with Gasteiger partial charge in [-0.25, -0.2) is 0 Å². The summed E-state index contributed by atoms with van der Waals surface area (Å²) in [5.74, 6) is -1.13. The van der Waals surface area contributed by atoms with Crippen LogP contribution in [0.2, 0.25) is 0 Å².